The van der Waals surface area contributed by atoms with Crippen molar-refractivity contribution < 1.29 is 9.59 Å². The molecule has 1 N–H and O–H groups in total. The molecule has 0 bridgehead atoms. The summed E-state index contributed by atoms with van der Waals surface area (Å²) in [6.07, 6.45) is 6.57. The smallest absolute Gasteiger partial charge is 0.274 e. The second-order valence-corrected chi connectivity index (χ2v) is 6.13. The Bertz CT molecular complexity index is 491. The topological polar surface area (TPSA) is 75.2 Å². The highest BCUT2D eigenvalue weighted by molar-refractivity contribution is 5.92. The molecule has 0 fully saturated rings. The molecule has 128 valence electrons. The third kappa shape index (κ3) is 6.76. The van der Waals surface area contributed by atoms with Gasteiger partial charge in [-0.1, -0.05) is 20.8 Å². The van der Waals surface area contributed by atoms with Crippen molar-refractivity contribution in [2.75, 3.05) is 13.1 Å². The fourth-order valence-electron chi connectivity index (χ4n) is 2.11. The Balaban J connectivity index is 2.59. The normalized spacial score (nSPS) is 12.0. The van der Waals surface area contributed by atoms with E-state index in [0.717, 1.165) is 12.8 Å². The summed E-state index contributed by atoms with van der Waals surface area (Å²) in [6.45, 7) is 9.30. The predicted octanol–water partition coefficient (Wildman–Crippen LogP) is 2.27. The van der Waals surface area contributed by atoms with E-state index in [9.17, 15) is 9.59 Å². The molecule has 0 saturated heterocycles. The van der Waals surface area contributed by atoms with Gasteiger partial charge >= 0.3 is 0 Å². The second kappa shape index (κ2) is 9.92. The summed E-state index contributed by atoms with van der Waals surface area (Å²) < 4.78 is 0. The summed E-state index contributed by atoms with van der Waals surface area (Å²) in [7, 11) is 0. The first-order valence-corrected chi connectivity index (χ1v) is 8.29. The highest BCUT2D eigenvalue weighted by Gasteiger charge is 2.22. The molecule has 6 heteroatoms. The maximum absolute atomic E-state index is 12.6. The molecule has 0 spiro atoms. The van der Waals surface area contributed by atoms with Gasteiger partial charge in [-0.2, -0.15) is 0 Å². The van der Waals surface area contributed by atoms with Gasteiger partial charge in [-0.25, -0.2) is 4.98 Å². The first kappa shape index (κ1) is 19.1. The summed E-state index contributed by atoms with van der Waals surface area (Å²) >= 11 is 0. The molecular formula is C17H28N4O2. The molecule has 0 saturated carbocycles. The van der Waals surface area contributed by atoms with E-state index < -0.39 is 0 Å². The third-order valence-corrected chi connectivity index (χ3v) is 3.79. The number of nitrogens with zero attached hydrogens (tertiary/aromatic N) is 3. The van der Waals surface area contributed by atoms with E-state index in [2.05, 4.69) is 29.1 Å². The molecule has 1 heterocycles. The summed E-state index contributed by atoms with van der Waals surface area (Å²) in [5, 5.41) is 2.90. The van der Waals surface area contributed by atoms with E-state index in [1.54, 1.807) is 4.90 Å². The number of carbonyl (C=O) groups is 2. The molecule has 0 aromatic carbocycles. The summed E-state index contributed by atoms with van der Waals surface area (Å²) in [5.74, 6) is 0.360. The van der Waals surface area contributed by atoms with Crippen LogP contribution in [0.5, 0.6) is 0 Å². The van der Waals surface area contributed by atoms with E-state index >= 15 is 0 Å². The molecule has 0 aliphatic heterocycles. The van der Waals surface area contributed by atoms with Gasteiger partial charge < -0.3 is 10.2 Å². The summed E-state index contributed by atoms with van der Waals surface area (Å²) in [4.78, 5) is 34.2. The van der Waals surface area contributed by atoms with Crippen LogP contribution in [0.2, 0.25) is 0 Å². The molecule has 0 radical (unpaired) electrons. The standard InChI is InChI=1S/C17H28N4O2/c1-5-14(4)21(17(23)15-12-18-9-10-19-15)11-7-16(22)20-8-6-13(2)3/h9-10,12-14H,5-8,11H2,1-4H3,(H,20,22). The fourth-order valence-corrected chi connectivity index (χ4v) is 2.11. The highest BCUT2D eigenvalue weighted by atomic mass is 16.2. The average Bonchev–Trinajstić information content (AvgIpc) is 2.54. The Morgan fingerprint density at radius 3 is 2.57 bits per heavy atom. The lowest BCUT2D eigenvalue weighted by Gasteiger charge is -2.28. The zero-order chi connectivity index (χ0) is 17.2. The minimum Gasteiger partial charge on any atom is -0.356 e. The maximum Gasteiger partial charge on any atom is 0.274 e. The lowest BCUT2D eigenvalue weighted by atomic mass is 10.1. The van der Waals surface area contributed by atoms with Crippen molar-refractivity contribution in [2.45, 2.75) is 53.0 Å². The molecule has 1 atom stereocenters. The number of amides is 2. The lowest BCUT2D eigenvalue weighted by Crippen LogP contribution is -2.41. The molecule has 1 aromatic heterocycles. The monoisotopic (exact) mass is 320 g/mol. The van der Waals surface area contributed by atoms with E-state index in [-0.39, 0.29) is 17.9 Å². The van der Waals surface area contributed by atoms with Crippen molar-refractivity contribution >= 4 is 11.8 Å². The van der Waals surface area contributed by atoms with Gasteiger partial charge in [-0.05, 0) is 25.7 Å². The second-order valence-electron chi connectivity index (χ2n) is 6.13. The van der Waals surface area contributed by atoms with Crippen LogP contribution in [-0.2, 0) is 4.79 Å². The minimum atomic E-state index is -0.178. The zero-order valence-corrected chi connectivity index (χ0v) is 14.6. The van der Waals surface area contributed by atoms with Crippen LogP contribution >= 0.6 is 0 Å². The number of hydrogen-bond donors (Lipinski definition) is 1. The van der Waals surface area contributed by atoms with Crippen molar-refractivity contribution in [1.29, 1.82) is 0 Å². The van der Waals surface area contributed by atoms with E-state index in [0.29, 0.717) is 31.1 Å². The molecule has 6 nitrogen and oxygen atoms in total. The van der Waals surface area contributed by atoms with Crippen molar-refractivity contribution in [2.24, 2.45) is 5.92 Å². The van der Waals surface area contributed by atoms with Gasteiger partial charge in [-0.3, -0.25) is 14.6 Å². The van der Waals surface area contributed by atoms with Crippen LogP contribution in [-0.4, -0.2) is 45.8 Å². The number of aromatic nitrogens is 2. The molecule has 23 heavy (non-hydrogen) atoms. The average molecular weight is 320 g/mol. The molecule has 1 unspecified atom stereocenters. The Labute approximate surface area is 138 Å². The Hall–Kier alpha value is -1.98. The van der Waals surface area contributed by atoms with Crippen LogP contribution in [0.15, 0.2) is 18.6 Å². The number of rotatable bonds is 9. The van der Waals surface area contributed by atoms with Crippen LogP contribution in [0.25, 0.3) is 0 Å². The Kier molecular flexibility index (Phi) is 8.22. The Morgan fingerprint density at radius 1 is 1.26 bits per heavy atom. The molecular weight excluding hydrogens is 292 g/mol. The molecule has 0 aliphatic rings. The fraction of sp³-hybridized carbons (Fsp3) is 0.647. The first-order valence-electron chi connectivity index (χ1n) is 8.29. The van der Waals surface area contributed by atoms with E-state index in [1.165, 1.54) is 18.6 Å². The van der Waals surface area contributed by atoms with Crippen LogP contribution in [0, 0.1) is 5.92 Å². The van der Waals surface area contributed by atoms with Crippen molar-refractivity contribution in [1.82, 2.24) is 20.2 Å². The van der Waals surface area contributed by atoms with Gasteiger partial charge in [0, 0.05) is 37.9 Å². The van der Waals surface area contributed by atoms with Crippen molar-refractivity contribution in [3.05, 3.63) is 24.3 Å². The largest absolute Gasteiger partial charge is 0.356 e. The van der Waals surface area contributed by atoms with Crippen molar-refractivity contribution in [3.63, 3.8) is 0 Å². The maximum atomic E-state index is 12.6. The van der Waals surface area contributed by atoms with Crippen molar-refractivity contribution in [3.8, 4) is 0 Å². The molecule has 0 aliphatic carbocycles. The van der Waals surface area contributed by atoms with E-state index in [1.807, 2.05) is 13.8 Å². The summed E-state index contributed by atoms with van der Waals surface area (Å²) in [6, 6.07) is 0.0490. The van der Waals surface area contributed by atoms with Crippen LogP contribution in [0.4, 0.5) is 0 Å². The van der Waals surface area contributed by atoms with Gasteiger partial charge in [0.25, 0.3) is 5.91 Å². The quantitative estimate of drug-likeness (QED) is 0.757. The third-order valence-electron chi connectivity index (χ3n) is 3.79. The van der Waals surface area contributed by atoms with E-state index in [4.69, 9.17) is 0 Å². The van der Waals surface area contributed by atoms with Gasteiger partial charge in [0.05, 0.1) is 6.20 Å². The van der Waals surface area contributed by atoms with Crippen LogP contribution in [0.1, 0.15) is 57.4 Å². The molecule has 2 amide bonds. The van der Waals surface area contributed by atoms with Gasteiger partial charge in [0.2, 0.25) is 5.91 Å². The number of carbonyl (C=O) groups excluding carboxylic acids is 2. The van der Waals surface area contributed by atoms with Crippen LogP contribution in [0.3, 0.4) is 0 Å². The SMILES string of the molecule is CCC(C)N(CCC(=O)NCCC(C)C)C(=O)c1cnccn1. The molecule has 1 rings (SSSR count). The van der Waals surface area contributed by atoms with Crippen LogP contribution < -0.4 is 5.32 Å². The first-order chi connectivity index (χ1) is 11.0. The van der Waals surface area contributed by atoms with Gasteiger partial charge in [0.1, 0.15) is 5.69 Å². The highest BCUT2D eigenvalue weighted by Crippen LogP contribution is 2.09. The Morgan fingerprint density at radius 2 is 2.00 bits per heavy atom. The minimum absolute atomic E-state index is 0.0223. The molecule has 1 aromatic rings. The number of hydrogen-bond acceptors (Lipinski definition) is 4. The predicted molar refractivity (Wildman–Crippen MR) is 89.9 cm³/mol. The lowest BCUT2D eigenvalue weighted by molar-refractivity contribution is -0.121. The summed E-state index contributed by atoms with van der Waals surface area (Å²) in [5.41, 5.74) is 0.313. The van der Waals surface area contributed by atoms with Gasteiger partial charge in [0.15, 0.2) is 0 Å². The number of nitrogens with one attached hydrogen (secondary N) is 1. The zero-order valence-electron chi connectivity index (χ0n) is 14.6. The van der Waals surface area contributed by atoms with Gasteiger partial charge in [-0.15, -0.1) is 0 Å².